The molecule has 3 heteroatoms. The van der Waals surface area contributed by atoms with Crippen LogP contribution in [-0.4, -0.2) is 13.2 Å². The van der Waals surface area contributed by atoms with Crippen LogP contribution in [0.25, 0.3) is 0 Å². The molecule has 0 aliphatic rings. The Hall–Kier alpha value is -1.06. The molecule has 0 bridgehead atoms. The van der Waals surface area contributed by atoms with E-state index < -0.39 is 0 Å². The maximum absolute atomic E-state index is 5.47. The summed E-state index contributed by atoms with van der Waals surface area (Å²) in [5.74, 6) is 0.924. The Balaban J connectivity index is 2.29. The van der Waals surface area contributed by atoms with E-state index in [2.05, 4.69) is 18.8 Å². The molecule has 0 saturated carbocycles. The van der Waals surface area contributed by atoms with Crippen LogP contribution in [0.1, 0.15) is 31.1 Å². The number of hydrogen-bond donors (Lipinski definition) is 1. The fraction of sp³-hybridized carbons (Fsp3) is 0.538. The standard InChI is InChI=1S/C13H21NO2/c1-3-5-8-15-11-13-12(6-9-16-13)10-14-7-4-2/h3,6,9,14H,1,4-5,7-8,10-11H2,2H3. The lowest BCUT2D eigenvalue weighted by molar-refractivity contribution is 0.109. The summed E-state index contributed by atoms with van der Waals surface area (Å²) in [7, 11) is 0. The largest absolute Gasteiger partial charge is 0.467 e. The van der Waals surface area contributed by atoms with E-state index in [-0.39, 0.29) is 0 Å². The lowest BCUT2D eigenvalue weighted by Crippen LogP contribution is -2.14. The molecule has 1 rings (SSSR count). The second-order valence-electron chi connectivity index (χ2n) is 3.68. The molecule has 0 radical (unpaired) electrons. The topological polar surface area (TPSA) is 34.4 Å². The van der Waals surface area contributed by atoms with Gasteiger partial charge in [0.25, 0.3) is 0 Å². The Kier molecular flexibility index (Phi) is 6.61. The van der Waals surface area contributed by atoms with Gasteiger partial charge in [-0.3, -0.25) is 0 Å². The highest BCUT2D eigenvalue weighted by atomic mass is 16.5. The van der Waals surface area contributed by atoms with Crippen LogP contribution in [0.2, 0.25) is 0 Å². The normalized spacial score (nSPS) is 10.6. The van der Waals surface area contributed by atoms with Gasteiger partial charge in [-0.15, -0.1) is 6.58 Å². The van der Waals surface area contributed by atoms with Crippen molar-refractivity contribution in [2.24, 2.45) is 0 Å². The Morgan fingerprint density at radius 1 is 1.56 bits per heavy atom. The fourth-order valence-corrected chi connectivity index (χ4v) is 1.38. The minimum Gasteiger partial charge on any atom is -0.467 e. The van der Waals surface area contributed by atoms with E-state index in [0.29, 0.717) is 13.2 Å². The SMILES string of the molecule is C=CCCOCc1occc1CNCCC. The predicted molar refractivity (Wildman–Crippen MR) is 65.2 cm³/mol. The first-order valence-corrected chi connectivity index (χ1v) is 5.83. The first kappa shape index (κ1) is 13.0. The number of nitrogens with one attached hydrogen (secondary N) is 1. The molecule has 16 heavy (non-hydrogen) atoms. The van der Waals surface area contributed by atoms with Gasteiger partial charge in [-0.2, -0.15) is 0 Å². The van der Waals surface area contributed by atoms with Gasteiger partial charge in [-0.25, -0.2) is 0 Å². The monoisotopic (exact) mass is 223 g/mol. The van der Waals surface area contributed by atoms with Crippen LogP contribution in [0.3, 0.4) is 0 Å². The van der Waals surface area contributed by atoms with Gasteiger partial charge in [0.1, 0.15) is 12.4 Å². The molecule has 0 atom stereocenters. The summed E-state index contributed by atoms with van der Waals surface area (Å²) in [5, 5.41) is 3.35. The molecule has 1 N–H and O–H groups in total. The second kappa shape index (κ2) is 8.13. The zero-order valence-electron chi connectivity index (χ0n) is 10.00. The molecule has 0 spiro atoms. The van der Waals surface area contributed by atoms with Crippen LogP contribution in [0.4, 0.5) is 0 Å². The van der Waals surface area contributed by atoms with Gasteiger partial charge >= 0.3 is 0 Å². The molecular weight excluding hydrogens is 202 g/mol. The molecule has 1 heterocycles. The van der Waals surface area contributed by atoms with Crippen molar-refractivity contribution in [2.45, 2.75) is 32.9 Å². The van der Waals surface area contributed by atoms with E-state index in [4.69, 9.17) is 9.15 Å². The number of ether oxygens (including phenoxy) is 1. The van der Waals surface area contributed by atoms with Gasteiger partial charge in [0.05, 0.1) is 12.9 Å². The van der Waals surface area contributed by atoms with Gasteiger partial charge < -0.3 is 14.5 Å². The van der Waals surface area contributed by atoms with Gasteiger partial charge in [-0.1, -0.05) is 13.0 Å². The van der Waals surface area contributed by atoms with Crippen molar-refractivity contribution in [3.05, 3.63) is 36.3 Å². The third-order valence-electron chi connectivity index (χ3n) is 2.28. The molecule has 90 valence electrons. The van der Waals surface area contributed by atoms with Crippen molar-refractivity contribution in [1.82, 2.24) is 5.32 Å². The number of rotatable bonds is 9. The Morgan fingerprint density at radius 3 is 3.19 bits per heavy atom. The molecule has 0 unspecified atom stereocenters. The van der Waals surface area contributed by atoms with E-state index in [1.54, 1.807) is 6.26 Å². The first-order valence-electron chi connectivity index (χ1n) is 5.83. The summed E-state index contributed by atoms with van der Waals surface area (Å²) in [6, 6.07) is 1.99. The molecule has 1 aromatic rings. The van der Waals surface area contributed by atoms with Gasteiger partial charge in [-0.05, 0) is 25.5 Å². The van der Waals surface area contributed by atoms with Crippen LogP contribution in [-0.2, 0) is 17.9 Å². The Bertz CT molecular complexity index is 294. The number of hydrogen-bond acceptors (Lipinski definition) is 3. The Labute approximate surface area is 97.5 Å². The molecular formula is C13H21NO2. The van der Waals surface area contributed by atoms with E-state index >= 15 is 0 Å². The van der Waals surface area contributed by atoms with Gasteiger partial charge in [0.2, 0.25) is 0 Å². The summed E-state index contributed by atoms with van der Waals surface area (Å²) in [6.45, 7) is 8.93. The van der Waals surface area contributed by atoms with Crippen molar-refractivity contribution in [2.75, 3.05) is 13.2 Å². The van der Waals surface area contributed by atoms with E-state index in [1.165, 1.54) is 5.56 Å². The van der Waals surface area contributed by atoms with Crippen LogP contribution in [0.15, 0.2) is 29.4 Å². The van der Waals surface area contributed by atoms with Crippen molar-refractivity contribution in [3.8, 4) is 0 Å². The maximum atomic E-state index is 5.47. The highest BCUT2D eigenvalue weighted by Gasteiger charge is 2.05. The molecule has 0 aliphatic heterocycles. The lowest BCUT2D eigenvalue weighted by atomic mass is 10.2. The second-order valence-corrected chi connectivity index (χ2v) is 3.68. The van der Waals surface area contributed by atoms with Gasteiger partial charge in [0.15, 0.2) is 0 Å². The van der Waals surface area contributed by atoms with Crippen LogP contribution >= 0.6 is 0 Å². The third kappa shape index (κ3) is 4.64. The zero-order chi connectivity index (χ0) is 11.6. The average molecular weight is 223 g/mol. The van der Waals surface area contributed by atoms with E-state index in [9.17, 15) is 0 Å². The van der Waals surface area contributed by atoms with E-state index in [0.717, 1.165) is 31.7 Å². The quantitative estimate of drug-likeness (QED) is 0.516. The van der Waals surface area contributed by atoms with Crippen LogP contribution in [0, 0.1) is 0 Å². The minimum absolute atomic E-state index is 0.546. The first-order chi connectivity index (χ1) is 7.88. The maximum Gasteiger partial charge on any atom is 0.133 e. The van der Waals surface area contributed by atoms with E-state index in [1.807, 2.05) is 12.1 Å². The number of furan rings is 1. The molecule has 0 saturated heterocycles. The highest BCUT2D eigenvalue weighted by Crippen LogP contribution is 2.11. The summed E-state index contributed by atoms with van der Waals surface area (Å²) in [6.07, 6.45) is 5.59. The summed E-state index contributed by atoms with van der Waals surface area (Å²) in [5.41, 5.74) is 1.19. The van der Waals surface area contributed by atoms with Crippen LogP contribution in [0.5, 0.6) is 0 Å². The third-order valence-corrected chi connectivity index (χ3v) is 2.28. The smallest absolute Gasteiger partial charge is 0.133 e. The summed E-state index contributed by atoms with van der Waals surface area (Å²) < 4.78 is 10.9. The predicted octanol–water partition coefficient (Wildman–Crippen LogP) is 2.87. The molecule has 0 aliphatic carbocycles. The molecule has 3 nitrogen and oxygen atoms in total. The van der Waals surface area contributed by atoms with Crippen molar-refractivity contribution < 1.29 is 9.15 Å². The van der Waals surface area contributed by atoms with Crippen molar-refractivity contribution >= 4 is 0 Å². The molecule has 0 aromatic carbocycles. The molecule has 0 fully saturated rings. The summed E-state index contributed by atoms with van der Waals surface area (Å²) >= 11 is 0. The summed E-state index contributed by atoms with van der Waals surface area (Å²) in [4.78, 5) is 0. The van der Waals surface area contributed by atoms with Crippen LogP contribution < -0.4 is 5.32 Å². The van der Waals surface area contributed by atoms with Gasteiger partial charge in [0, 0.05) is 12.1 Å². The fourth-order valence-electron chi connectivity index (χ4n) is 1.38. The lowest BCUT2D eigenvalue weighted by Gasteiger charge is -2.04. The Morgan fingerprint density at radius 2 is 2.44 bits per heavy atom. The highest BCUT2D eigenvalue weighted by molar-refractivity contribution is 5.16. The van der Waals surface area contributed by atoms with Crippen molar-refractivity contribution in [1.29, 1.82) is 0 Å². The zero-order valence-corrected chi connectivity index (χ0v) is 10.00. The average Bonchev–Trinajstić information content (AvgIpc) is 2.73. The minimum atomic E-state index is 0.546. The molecule has 0 amide bonds. The van der Waals surface area contributed by atoms with Crippen molar-refractivity contribution in [3.63, 3.8) is 0 Å². The molecule has 1 aromatic heterocycles.